The monoisotopic (exact) mass is 252 g/mol. The Balaban J connectivity index is 2.58. The lowest BCUT2D eigenvalue weighted by atomic mass is 10.2. The van der Waals surface area contributed by atoms with Crippen LogP contribution < -0.4 is 4.74 Å². The van der Waals surface area contributed by atoms with E-state index >= 15 is 0 Å². The highest BCUT2D eigenvalue weighted by molar-refractivity contribution is 6.18. The summed E-state index contributed by atoms with van der Waals surface area (Å²) in [6.45, 7) is 0.351. The normalized spacial score (nSPS) is 10.4. The number of pyridine rings is 1. The number of fused-ring (bicyclic) bond motifs is 1. The van der Waals surface area contributed by atoms with Crippen molar-refractivity contribution < 1.29 is 9.66 Å². The van der Waals surface area contributed by atoms with Crippen molar-refractivity contribution in [2.45, 2.75) is 0 Å². The molecule has 88 valence electrons. The van der Waals surface area contributed by atoms with Crippen LogP contribution in [0.2, 0.25) is 0 Å². The van der Waals surface area contributed by atoms with Gasteiger partial charge in [0.05, 0.1) is 10.8 Å². The van der Waals surface area contributed by atoms with Crippen LogP contribution in [0.4, 0.5) is 5.69 Å². The quantitative estimate of drug-likeness (QED) is 0.477. The van der Waals surface area contributed by atoms with Crippen molar-refractivity contribution in [2.24, 2.45) is 0 Å². The van der Waals surface area contributed by atoms with Crippen molar-refractivity contribution >= 4 is 28.2 Å². The number of hydrogen-bond acceptors (Lipinski definition) is 4. The second-order valence-electron chi connectivity index (χ2n) is 3.28. The van der Waals surface area contributed by atoms with E-state index in [1.807, 2.05) is 0 Å². The SMILES string of the molecule is O=[N+]([O-])c1ccc(OCCCl)c2cccnc12. The van der Waals surface area contributed by atoms with E-state index in [1.54, 1.807) is 18.2 Å². The number of alkyl halides is 1. The van der Waals surface area contributed by atoms with Crippen LogP contribution in [0.1, 0.15) is 0 Å². The zero-order chi connectivity index (χ0) is 12.3. The number of benzene rings is 1. The third kappa shape index (κ3) is 2.29. The molecule has 0 unspecified atom stereocenters. The standard InChI is InChI=1S/C11H9ClN2O3/c12-5-7-17-10-4-3-9(14(15)16)11-8(10)2-1-6-13-11/h1-4,6H,5,7H2. The van der Waals surface area contributed by atoms with Gasteiger partial charge in [-0.1, -0.05) is 0 Å². The molecule has 0 aliphatic heterocycles. The minimum absolute atomic E-state index is 0.0289. The number of hydrogen-bond donors (Lipinski definition) is 0. The van der Waals surface area contributed by atoms with Crippen molar-refractivity contribution in [3.05, 3.63) is 40.6 Å². The summed E-state index contributed by atoms with van der Waals surface area (Å²) in [5.41, 5.74) is 0.295. The molecule has 0 saturated heterocycles. The maximum atomic E-state index is 10.8. The Bertz CT molecular complexity index is 559. The summed E-state index contributed by atoms with van der Waals surface area (Å²) < 4.78 is 5.41. The van der Waals surface area contributed by atoms with Crippen molar-refractivity contribution in [2.75, 3.05) is 12.5 Å². The Morgan fingerprint density at radius 3 is 2.94 bits per heavy atom. The molecule has 0 N–H and O–H groups in total. The summed E-state index contributed by atoms with van der Waals surface area (Å²) in [5.74, 6) is 0.915. The van der Waals surface area contributed by atoms with E-state index in [0.717, 1.165) is 0 Å². The molecule has 2 aromatic rings. The highest BCUT2D eigenvalue weighted by Crippen LogP contribution is 2.31. The molecule has 0 aliphatic carbocycles. The molecule has 1 heterocycles. The van der Waals surface area contributed by atoms with Crippen molar-refractivity contribution in [3.63, 3.8) is 0 Å². The zero-order valence-corrected chi connectivity index (χ0v) is 9.55. The molecule has 0 aliphatic rings. The smallest absolute Gasteiger partial charge is 0.295 e. The molecule has 0 spiro atoms. The number of halogens is 1. The molecular formula is C11H9ClN2O3. The predicted molar refractivity (Wildman–Crippen MR) is 64.6 cm³/mol. The number of ether oxygens (including phenoxy) is 1. The Morgan fingerprint density at radius 2 is 2.24 bits per heavy atom. The van der Waals surface area contributed by atoms with Crippen LogP contribution in [0.15, 0.2) is 30.5 Å². The Hall–Kier alpha value is -1.88. The van der Waals surface area contributed by atoms with Gasteiger partial charge in [0.1, 0.15) is 12.4 Å². The molecule has 5 nitrogen and oxygen atoms in total. The highest BCUT2D eigenvalue weighted by Gasteiger charge is 2.15. The van der Waals surface area contributed by atoms with Crippen LogP contribution in [-0.2, 0) is 0 Å². The van der Waals surface area contributed by atoms with Crippen molar-refractivity contribution in [1.82, 2.24) is 4.98 Å². The maximum Gasteiger partial charge on any atom is 0.295 e. The number of non-ortho nitro benzene ring substituents is 1. The van der Waals surface area contributed by atoms with Gasteiger partial charge in [-0.2, -0.15) is 0 Å². The van der Waals surface area contributed by atoms with Gasteiger partial charge in [-0.25, -0.2) is 4.98 Å². The second kappa shape index (κ2) is 4.97. The van der Waals surface area contributed by atoms with E-state index in [2.05, 4.69) is 4.98 Å². The zero-order valence-electron chi connectivity index (χ0n) is 8.80. The molecule has 1 aromatic carbocycles. The molecule has 17 heavy (non-hydrogen) atoms. The van der Waals surface area contributed by atoms with E-state index in [9.17, 15) is 10.1 Å². The van der Waals surface area contributed by atoms with E-state index in [0.29, 0.717) is 29.1 Å². The average Bonchev–Trinajstić information content (AvgIpc) is 2.35. The third-order valence-corrected chi connectivity index (χ3v) is 2.39. The fourth-order valence-corrected chi connectivity index (χ4v) is 1.63. The van der Waals surface area contributed by atoms with Crippen LogP contribution in [0.25, 0.3) is 10.9 Å². The van der Waals surface area contributed by atoms with Gasteiger partial charge in [0.25, 0.3) is 5.69 Å². The molecule has 0 radical (unpaired) electrons. The van der Waals surface area contributed by atoms with E-state index in [-0.39, 0.29) is 5.69 Å². The minimum atomic E-state index is -0.458. The topological polar surface area (TPSA) is 65.3 Å². The number of rotatable bonds is 4. The first-order valence-electron chi connectivity index (χ1n) is 4.95. The lowest BCUT2D eigenvalue weighted by molar-refractivity contribution is -0.383. The summed E-state index contributed by atoms with van der Waals surface area (Å²) in [6.07, 6.45) is 1.51. The predicted octanol–water partition coefficient (Wildman–Crippen LogP) is 2.76. The Kier molecular flexibility index (Phi) is 3.39. The van der Waals surface area contributed by atoms with Crippen LogP contribution in [0, 0.1) is 10.1 Å². The van der Waals surface area contributed by atoms with E-state index in [1.165, 1.54) is 12.3 Å². The summed E-state index contributed by atoms with van der Waals surface area (Å²) in [7, 11) is 0. The van der Waals surface area contributed by atoms with Gasteiger partial charge in [0.2, 0.25) is 0 Å². The fraction of sp³-hybridized carbons (Fsp3) is 0.182. The van der Waals surface area contributed by atoms with Crippen molar-refractivity contribution in [1.29, 1.82) is 0 Å². The summed E-state index contributed by atoms with van der Waals surface area (Å²) in [4.78, 5) is 14.4. The summed E-state index contributed by atoms with van der Waals surface area (Å²) in [6, 6.07) is 6.39. The van der Waals surface area contributed by atoms with Gasteiger partial charge in [-0.3, -0.25) is 10.1 Å². The second-order valence-corrected chi connectivity index (χ2v) is 3.65. The van der Waals surface area contributed by atoms with Gasteiger partial charge in [0, 0.05) is 17.6 Å². The molecular weight excluding hydrogens is 244 g/mol. The molecule has 1 aromatic heterocycles. The average molecular weight is 253 g/mol. The number of aromatic nitrogens is 1. The van der Waals surface area contributed by atoms with Gasteiger partial charge >= 0.3 is 0 Å². The molecule has 0 amide bonds. The van der Waals surface area contributed by atoms with Gasteiger partial charge < -0.3 is 4.74 Å². The Labute approximate surface area is 102 Å². The lowest BCUT2D eigenvalue weighted by Crippen LogP contribution is -2.00. The van der Waals surface area contributed by atoms with Gasteiger partial charge in [-0.15, -0.1) is 11.6 Å². The van der Waals surface area contributed by atoms with Crippen molar-refractivity contribution in [3.8, 4) is 5.75 Å². The maximum absolute atomic E-state index is 10.8. The van der Waals surface area contributed by atoms with E-state index < -0.39 is 4.92 Å². The molecule has 0 atom stereocenters. The molecule has 6 heteroatoms. The van der Waals surface area contributed by atoms with Crippen LogP contribution in [0.3, 0.4) is 0 Å². The first-order valence-corrected chi connectivity index (χ1v) is 5.48. The third-order valence-electron chi connectivity index (χ3n) is 2.24. The first-order chi connectivity index (χ1) is 8.24. The highest BCUT2D eigenvalue weighted by atomic mass is 35.5. The van der Waals surface area contributed by atoms with Crippen LogP contribution in [-0.4, -0.2) is 22.4 Å². The lowest BCUT2D eigenvalue weighted by Gasteiger charge is -2.07. The van der Waals surface area contributed by atoms with Crippen LogP contribution >= 0.6 is 11.6 Å². The first kappa shape index (κ1) is 11.6. The fourth-order valence-electron chi connectivity index (χ4n) is 1.55. The van der Waals surface area contributed by atoms with Gasteiger partial charge in [0.15, 0.2) is 5.52 Å². The number of nitro benzene ring substituents is 1. The molecule has 0 fully saturated rings. The molecule has 2 rings (SSSR count). The van der Waals surface area contributed by atoms with E-state index in [4.69, 9.17) is 16.3 Å². The molecule has 0 bridgehead atoms. The Morgan fingerprint density at radius 1 is 1.41 bits per heavy atom. The largest absolute Gasteiger partial charge is 0.492 e. The van der Waals surface area contributed by atoms with Gasteiger partial charge in [-0.05, 0) is 18.2 Å². The number of nitro groups is 1. The summed E-state index contributed by atoms with van der Waals surface area (Å²) >= 11 is 5.54. The minimum Gasteiger partial charge on any atom is -0.492 e. The van der Waals surface area contributed by atoms with Crippen LogP contribution in [0.5, 0.6) is 5.75 Å². The summed E-state index contributed by atoms with van der Waals surface area (Å²) in [5, 5.41) is 11.5. The number of nitrogens with zero attached hydrogens (tertiary/aromatic N) is 2. The molecule has 0 saturated carbocycles.